The summed E-state index contributed by atoms with van der Waals surface area (Å²) in [5.41, 5.74) is 0.760. The van der Waals surface area contributed by atoms with Crippen LogP contribution < -0.4 is 10.4 Å². The Morgan fingerprint density at radius 1 is 1.25 bits per heavy atom. The molecule has 3 rings (SSSR count). The Kier molecular flexibility index (Phi) is 4.53. The lowest BCUT2D eigenvalue weighted by molar-refractivity contribution is 0.0522. The van der Waals surface area contributed by atoms with Crippen LogP contribution in [0.2, 0.25) is 0 Å². The second-order valence-electron chi connectivity index (χ2n) is 4.91. The highest BCUT2D eigenvalue weighted by atomic mass is 79.9. The molecule has 0 spiro atoms. The summed E-state index contributed by atoms with van der Waals surface area (Å²) in [4.78, 5) is 28.0. The van der Waals surface area contributed by atoms with Crippen molar-refractivity contribution >= 4 is 43.8 Å². The number of halogens is 1. The minimum atomic E-state index is -0.513. The van der Waals surface area contributed by atoms with E-state index in [4.69, 9.17) is 13.9 Å². The van der Waals surface area contributed by atoms with Crippen molar-refractivity contribution in [3.8, 4) is 5.75 Å². The first-order valence-electron chi connectivity index (χ1n) is 7.41. The molecule has 0 saturated carbocycles. The number of nitrogens with zero attached hydrogens (tertiary/aromatic N) is 1. The Morgan fingerprint density at radius 2 is 2.04 bits per heavy atom. The molecule has 0 aliphatic heterocycles. The number of rotatable bonds is 4. The van der Waals surface area contributed by atoms with Gasteiger partial charge in [-0.15, -0.1) is 0 Å². The molecule has 7 heteroatoms. The van der Waals surface area contributed by atoms with Gasteiger partial charge < -0.3 is 13.9 Å². The zero-order valence-electron chi connectivity index (χ0n) is 13.1. The number of ether oxygens (including phenoxy) is 2. The summed E-state index contributed by atoms with van der Waals surface area (Å²) in [6.45, 7) is 4.15. The van der Waals surface area contributed by atoms with Crippen molar-refractivity contribution in [2.45, 2.75) is 13.8 Å². The summed E-state index contributed by atoms with van der Waals surface area (Å²) in [5, 5.41) is 1.28. The quantitative estimate of drug-likeness (QED) is 0.383. The SMILES string of the molecule is CCOC(=O)c1cnc2c(Br)c3ccc(=O)oc3cc2c1OCC. The van der Waals surface area contributed by atoms with Gasteiger partial charge in [0.15, 0.2) is 0 Å². The third-order valence-electron chi connectivity index (χ3n) is 3.43. The van der Waals surface area contributed by atoms with Crippen LogP contribution in [0.15, 0.2) is 38.1 Å². The molecule has 3 aromatic rings. The Balaban J connectivity index is 2.38. The maximum absolute atomic E-state index is 12.2. The Bertz CT molecular complexity index is 996. The second kappa shape index (κ2) is 6.60. The van der Waals surface area contributed by atoms with Crippen molar-refractivity contribution in [2.24, 2.45) is 0 Å². The van der Waals surface area contributed by atoms with Gasteiger partial charge in [-0.2, -0.15) is 0 Å². The monoisotopic (exact) mass is 391 g/mol. The molecule has 0 N–H and O–H groups in total. The van der Waals surface area contributed by atoms with E-state index in [1.54, 1.807) is 19.1 Å². The van der Waals surface area contributed by atoms with E-state index in [9.17, 15) is 9.59 Å². The van der Waals surface area contributed by atoms with E-state index in [0.717, 1.165) is 0 Å². The maximum atomic E-state index is 12.2. The highest BCUT2D eigenvalue weighted by molar-refractivity contribution is 9.10. The lowest BCUT2D eigenvalue weighted by Gasteiger charge is -2.13. The number of hydrogen-bond acceptors (Lipinski definition) is 6. The van der Waals surface area contributed by atoms with Crippen LogP contribution in [0.3, 0.4) is 0 Å². The summed E-state index contributed by atoms with van der Waals surface area (Å²) < 4.78 is 16.6. The number of pyridine rings is 1. The Labute approximate surface area is 145 Å². The number of carbonyl (C=O) groups is 1. The number of esters is 1. The predicted octanol–water partition coefficient (Wildman–Crippen LogP) is 3.68. The number of hydrogen-bond donors (Lipinski definition) is 0. The molecule has 0 unspecified atom stereocenters. The van der Waals surface area contributed by atoms with Crippen LogP contribution >= 0.6 is 15.9 Å². The number of benzene rings is 1. The zero-order chi connectivity index (χ0) is 17.3. The third-order valence-corrected chi connectivity index (χ3v) is 4.24. The molecule has 1 aromatic carbocycles. The number of fused-ring (bicyclic) bond motifs is 2. The molecule has 2 heterocycles. The number of carbonyl (C=O) groups excluding carboxylic acids is 1. The average molecular weight is 392 g/mol. The van der Waals surface area contributed by atoms with Crippen LogP contribution in [0.1, 0.15) is 24.2 Å². The zero-order valence-corrected chi connectivity index (χ0v) is 14.7. The molecule has 0 fully saturated rings. The molecule has 124 valence electrons. The van der Waals surface area contributed by atoms with Crippen molar-refractivity contribution in [3.05, 3.63) is 44.9 Å². The van der Waals surface area contributed by atoms with Gasteiger partial charge in [-0.3, -0.25) is 4.98 Å². The largest absolute Gasteiger partial charge is 0.492 e. The van der Waals surface area contributed by atoms with Crippen LogP contribution in [0, 0.1) is 0 Å². The van der Waals surface area contributed by atoms with Crippen LogP contribution in [-0.4, -0.2) is 24.2 Å². The van der Waals surface area contributed by atoms with E-state index in [-0.39, 0.29) is 12.2 Å². The fraction of sp³-hybridized carbons (Fsp3) is 0.235. The summed E-state index contributed by atoms with van der Waals surface area (Å²) >= 11 is 3.49. The van der Waals surface area contributed by atoms with Gasteiger partial charge >= 0.3 is 11.6 Å². The molecule has 0 saturated heterocycles. The first-order valence-corrected chi connectivity index (χ1v) is 8.21. The van der Waals surface area contributed by atoms with E-state index in [1.165, 1.54) is 12.3 Å². The topological polar surface area (TPSA) is 78.6 Å². The predicted molar refractivity (Wildman–Crippen MR) is 92.6 cm³/mol. The van der Waals surface area contributed by atoms with Gasteiger partial charge in [-0.1, -0.05) is 0 Å². The van der Waals surface area contributed by atoms with Crippen molar-refractivity contribution < 1.29 is 18.7 Å². The van der Waals surface area contributed by atoms with E-state index in [1.807, 2.05) is 6.92 Å². The lowest BCUT2D eigenvalue weighted by Crippen LogP contribution is -2.09. The van der Waals surface area contributed by atoms with Gasteiger partial charge in [0, 0.05) is 23.0 Å². The fourth-order valence-electron chi connectivity index (χ4n) is 2.45. The number of aromatic nitrogens is 1. The molecular formula is C17H14BrNO5. The van der Waals surface area contributed by atoms with Crippen molar-refractivity contribution in [1.82, 2.24) is 4.98 Å². The molecular weight excluding hydrogens is 378 g/mol. The van der Waals surface area contributed by atoms with Crippen molar-refractivity contribution in [3.63, 3.8) is 0 Å². The van der Waals surface area contributed by atoms with Crippen LogP contribution in [0.25, 0.3) is 21.9 Å². The summed E-state index contributed by atoms with van der Waals surface area (Å²) in [6.07, 6.45) is 1.43. The molecule has 0 aliphatic carbocycles. The van der Waals surface area contributed by atoms with Crippen molar-refractivity contribution in [2.75, 3.05) is 13.2 Å². The molecule has 0 radical (unpaired) electrons. The summed E-state index contributed by atoms with van der Waals surface area (Å²) in [5.74, 6) is -0.156. The fourth-order valence-corrected chi connectivity index (χ4v) is 3.09. The van der Waals surface area contributed by atoms with Gasteiger partial charge in [-0.05, 0) is 41.9 Å². The van der Waals surface area contributed by atoms with E-state index in [0.29, 0.717) is 38.7 Å². The molecule has 0 bridgehead atoms. The highest BCUT2D eigenvalue weighted by Crippen LogP contribution is 2.37. The van der Waals surface area contributed by atoms with Crippen LogP contribution in [0.5, 0.6) is 5.75 Å². The molecule has 0 atom stereocenters. The average Bonchev–Trinajstić information content (AvgIpc) is 2.55. The minimum Gasteiger partial charge on any atom is -0.492 e. The van der Waals surface area contributed by atoms with Crippen molar-refractivity contribution in [1.29, 1.82) is 0 Å². The maximum Gasteiger partial charge on any atom is 0.343 e. The van der Waals surface area contributed by atoms with E-state index >= 15 is 0 Å². The van der Waals surface area contributed by atoms with E-state index in [2.05, 4.69) is 20.9 Å². The minimum absolute atomic E-state index is 0.232. The standard InChI is InChI=1S/C17H14BrNO5/c1-3-22-16-10-7-12-9(5-6-13(20)24-12)14(18)15(10)19-8-11(16)17(21)23-4-2/h5-8H,3-4H2,1-2H3. The van der Waals surface area contributed by atoms with Gasteiger partial charge in [0.25, 0.3) is 0 Å². The second-order valence-corrected chi connectivity index (χ2v) is 5.70. The smallest absolute Gasteiger partial charge is 0.343 e. The highest BCUT2D eigenvalue weighted by Gasteiger charge is 2.20. The van der Waals surface area contributed by atoms with E-state index < -0.39 is 11.6 Å². The summed E-state index contributed by atoms with van der Waals surface area (Å²) in [6, 6.07) is 4.65. The summed E-state index contributed by atoms with van der Waals surface area (Å²) in [7, 11) is 0. The molecule has 0 amide bonds. The van der Waals surface area contributed by atoms with Gasteiger partial charge in [-0.25, -0.2) is 9.59 Å². The first kappa shape index (κ1) is 16.4. The normalized spacial score (nSPS) is 11.0. The van der Waals surface area contributed by atoms with Gasteiger partial charge in [0.05, 0.1) is 23.2 Å². The van der Waals surface area contributed by atoms with Gasteiger partial charge in [0.2, 0.25) is 0 Å². The molecule has 6 nitrogen and oxygen atoms in total. The van der Waals surface area contributed by atoms with Crippen LogP contribution in [0.4, 0.5) is 0 Å². The lowest BCUT2D eigenvalue weighted by atomic mass is 10.1. The molecule has 2 aromatic heterocycles. The third kappa shape index (κ3) is 2.75. The Morgan fingerprint density at radius 3 is 2.75 bits per heavy atom. The molecule has 24 heavy (non-hydrogen) atoms. The first-order chi connectivity index (χ1) is 11.6. The molecule has 0 aliphatic rings. The van der Waals surface area contributed by atoms with Crippen LogP contribution in [-0.2, 0) is 4.74 Å². The Hall–Kier alpha value is -2.41. The van der Waals surface area contributed by atoms with Gasteiger partial charge in [0.1, 0.15) is 16.9 Å².